The molecular weight excluding hydrogens is 334 g/mol. The Bertz CT molecular complexity index is 667. The first kappa shape index (κ1) is 17.2. The highest BCUT2D eigenvalue weighted by Crippen LogP contribution is 2.18. The molecule has 0 fully saturated rings. The van der Waals surface area contributed by atoms with Crippen molar-refractivity contribution in [3.05, 3.63) is 46.1 Å². The van der Waals surface area contributed by atoms with Crippen molar-refractivity contribution in [1.82, 2.24) is 10.3 Å². The second-order valence-electron chi connectivity index (χ2n) is 4.59. The van der Waals surface area contributed by atoms with Crippen LogP contribution >= 0.6 is 22.7 Å². The molecule has 122 valence electrons. The summed E-state index contributed by atoms with van der Waals surface area (Å²) >= 11 is 2.85. The van der Waals surface area contributed by atoms with E-state index in [1.165, 1.54) is 11.3 Å². The van der Waals surface area contributed by atoms with Crippen LogP contribution in [0.25, 0.3) is 0 Å². The average Bonchev–Trinajstić information content (AvgIpc) is 3.21. The molecule has 0 aromatic carbocycles. The van der Waals surface area contributed by atoms with E-state index in [9.17, 15) is 9.59 Å². The molecule has 0 saturated heterocycles. The van der Waals surface area contributed by atoms with Crippen molar-refractivity contribution in [3.63, 3.8) is 0 Å². The second kappa shape index (κ2) is 8.44. The molecule has 0 saturated carbocycles. The number of thiazole rings is 1. The number of carbonyl (C=O) groups is 2. The Kier molecular flexibility index (Phi) is 6.30. The summed E-state index contributed by atoms with van der Waals surface area (Å²) < 4.78 is 4.97. The fourth-order valence-electron chi connectivity index (χ4n) is 1.71. The van der Waals surface area contributed by atoms with Gasteiger partial charge in [0.25, 0.3) is 5.91 Å². The Morgan fingerprint density at radius 1 is 1.48 bits per heavy atom. The third-order valence-electron chi connectivity index (χ3n) is 2.79. The summed E-state index contributed by atoms with van der Waals surface area (Å²) in [6.07, 6.45) is 1.69. The largest absolute Gasteiger partial charge is 0.451 e. The number of nitrogens with zero attached hydrogens (tertiary/aromatic N) is 1. The lowest BCUT2D eigenvalue weighted by Gasteiger charge is -2.11. The predicted octanol–water partition coefficient (Wildman–Crippen LogP) is 2.84. The van der Waals surface area contributed by atoms with Crippen LogP contribution < -0.4 is 10.6 Å². The van der Waals surface area contributed by atoms with Crippen molar-refractivity contribution in [1.29, 1.82) is 0 Å². The Morgan fingerprint density at radius 3 is 3.00 bits per heavy atom. The number of esters is 1. The van der Waals surface area contributed by atoms with Gasteiger partial charge in [0, 0.05) is 16.8 Å². The molecule has 2 rings (SSSR count). The van der Waals surface area contributed by atoms with Gasteiger partial charge in [-0.2, -0.15) is 0 Å². The van der Waals surface area contributed by atoms with Gasteiger partial charge in [-0.15, -0.1) is 29.3 Å². The van der Waals surface area contributed by atoms with E-state index in [0.717, 1.165) is 4.88 Å². The molecule has 23 heavy (non-hydrogen) atoms. The molecule has 1 atom stereocenters. The Labute approximate surface area is 142 Å². The number of thiophene rings is 1. The fourth-order valence-corrected chi connectivity index (χ4v) is 3.13. The third-order valence-corrected chi connectivity index (χ3v) is 4.65. The third kappa shape index (κ3) is 5.19. The molecule has 0 aliphatic carbocycles. The zero-order chi connectivity index (χ0) is 16.7. The van der Waals surface area contributed by atoms with Gasteiger partial charge in [0.1, 0.15) is 0 Å². The minimum atomic E-state index is -0.619. The summed E-state index contributed by atoms with van der Waals surface area (Å²) in [5.74, 6) is -0.966. The van der Waals surface area contributed by atoms with Crippen LogP contribution in [0.15, 0.2) is 35.5 Å². The van der Waals surface area contributed by atoms with E-state index < -0.39 is 5.97 Å². The number of hydrogen-bond donors (Lipinski definition) is 2. The van der Waals surface area contributed by atoms with Gasteiger partial charge in [0.2, 0.25) is 0 Å². The maximum atomic E-state index is 11.8. The van der Waals surface area contributed by atoms with Crippen LogP contribution in [0.3, 0.4) is 0 Å². The van der Waals surface area contributed by atoms with Crippen LogP contribution in [0.5, 0.6) is 0 Å². The fraction of sp³-hybridized carbons (Fsp3) is 0.267. The number of amides is 1. The number of aromatic nitrogens is 1. The van der Waals surface area contributed by atoms with Crippen LogP contribution in [0, 0.1) is 0 Å². The molecule has 2 aromatic rings. The second-order valence-corrected chi connectivity index (χ2v) is 6.43. The molecule has 0 radical (unpaired) electrons. The molecule has 0 bridgehead atoms. The Morgan fingerprint density at radius 2 is 2.30 bits per heavy atom. The summed E-state index contributed by atoms with van der Waals surface area (Å²) in [4.78, 5) is 28.8. The highest BCUT2D eigenvalue weighted by Gasteiger charge is 2.15. The van der Waals surface area contributed by atoms with Gasteiger partial charge in [-0.25, -0.2) is 9.78 Å². The van der Waals surface area contributed by atoms with Crippen LogP contribution in [0.1, 0.15) is 28.3 Å². The van der Waals surface area contributed by atoms with Gasteiger partial charge in [-0.1, -0.05) is 12.1 Å². The molecule has 0 spiro atoms. The highest BCUT2D eigenvalue weighted by atomic mass is 32.1. The maximum Gasteiger partial charge on any atom is 0.358 e. The van der Waals surface area contributed by atoms with E-state index in [1.807, 2.05) is 24.4 Å². The molecule has 6 nitrogen and oxygen atoms in total. The monoisotopic (exact) mass is 351 g/mol. The number of nitrogens with one attached hydrogen (secondary N) is 2. The summed E-state index contributed by atoms with van der Waals surface area (Å²) in [6.45, 7) is 5.69. The van der Waals surface area contributed by atoms with E-state index in [1.54, 1.807) is 22.8 Å². The zero-order valence-electron chi connectivity index (χ0n) is 12.6. The molecular formula is C15H17N3O3S2. The van der Waals surface area contributed by atoms with E-state index in [0.29, 0.717) is 11.7 Å². The minimum Gasteiger partial charge on any atom is -0.451 e. The topological polar surface area (TPSA) is 80.3 Å². The normalized spacial score (nSPS) is 11.5. The smallest absolute Gasteiger partial charge is 0.358 e. The highest BCUT2D eigenvalue weighted by molar-refractivity contribution is 7.13. The van der Waals surface area contributed by atoms with Crippen LogP contribution in [0.4, 0.5) is 5.13 Å². The number of rotatable bonds is 8. The van der Waals surface area contributed by atoms with Gasteiger partial charge < -0.3 is 15.4 Å². The maximum absolute atomic E-state index is 11.8. The van der Waals surface area contributed by atoms with Crippen molar-refractivity contribution in [2.45, 2.75) is 13.0 Å². The van der Waals surface area contributed by atoms with E-state index >= 15 is 0 Å². The van der Waals surface area contributed by atoms with Crippen molar-refractivity contribution in [2.75, 3.05) is 18.5 Å². The SMILES string of the molecule is C=CCNc1nc(C(=O)OCC(=O)NC(C)c2cccs2)cs1. The van der Waals surface area contributed by atoms with Crippen LogP contribution in [0.2, 0.25) is 0 Å². The number of carbonyl (C=O) groups excluding carboxylic acids is 2. The molecule has 0 aliphatic heterocycles. The van der Waals surface area contributed by atoms with Crippen molar-refractivity contribution >= 4 is 39.7 Å². The van der Waals surface area contributed by atoms with Gasteiger partial charge >= 0.3 is 5.97 Å². The number of anilines is 1. The van der Waals surface area contributed by atoms with Crippen LogP contribution in [-0.2, 0) is 9.53 Å². The first-order valence-electron chi connectivity index (χ1n) is 6.90. The molecule has 2 aromatic heterocycles. The quantitative estimate of drug-likeness (QED) is 0.565. The molecule has 8 heteroatoms. The lowest BCUT2D eigenvalue weighted by molar-refractivity contribution is -0.124. The predicted molar refractivity (Wildman–Crippen MR) is 92.0 cm³/mol. The van der Waals surface area contributed by atoms with Crippen molar-refractivity contribution in [3.8, 4) is 0 Å². The molecule has 1 amide bonds. The lowest BCUT2D eigenvalue weighted by atomic mass is 10.3. The molecule has 2 heterocycles. The average molecular weight is 351 g/mol. The van der Waals surface area contributed by atoms with Gasteiger partial charge in [0.05, 0.1) is 6.04 Å². The van der Waals surface area contributed by atoms with E-state index in [-0.39, 0.29) is 24.2 Å². The standard InChI is InChI=1S/C15H17N3O3S2/c1-3-6-16-15-18-11(9-23-15)14(20)21-8-13(19)17-10(2)12-5-4-7-22-12/h3-5,7,9-10H,1,6,8H2,2H3,(H,16,18)(H,17,19). The van der Waals surface area contributed by atoms with Crippen molar-refractivity contribution < 1.29 is 14.3 Å². The first-order valence-corrected chi connectivity index (χ1v) is 8.66. The van der Waals surface area contributed by atoms with Crippen molar-refractivity contribution in [2.24, 2.45) is 0 Å². The first-order chi connectivity index (χ1) is 11.1. The van der Waals surface area contributed by atoms with Gasteiger partial charge in [-0.05, 0) is 18.4 Å². The van der Waals surface area contributed by atoms with E-state index in [2.05, 4.69) is 22.2 Å². The summed E-state index contributed by atoms with van der Waals surface area (Å²) in [7, 11) is 0. The molecule has 0 aliphatic rings. The van der Waals surface area contributed by atoms with Gasteiger partial charge in [0.15, 0.2) is 17.4 Å². The molecule has 2 N–H and O–H groups in total. The summed E-state index contributed by atoms with van der Waals surface area (Å²) in [5.41, 5.74) is 0.181. The van der Waals surface area contributed by atoms with Gasteiger partial charge in [-0.3, -0.25) is 4.79 Å². The Balaban J connectivity index is 1.78. The summed E-state index contributed by atoms with van der Waals surface area (Å²) in [5, 5.41) is 9.89. The van der Waals surface area contributed by atoms with E-state index in [4.69, 9.17) is 4.74 Å². The minimum absolute atomic E-state index is 0.116. The zero-order valence-corrected chi connectivity index (χ0v) is 14.2. The summed E-state index contributed by atoms with van der Waals surface area (Å²) in [6, 6.07) is 3.74. The number of hydrogen-bond acceptors (Lipinski definition) is 7. The lowest BCUT2D eigenvalue weighted by Crippen LogP contribution is -2.30. The number of ether oxygens (including phenoxy) is 1. The molecule has 1 unspecified atom stereocenters. The van der Waals surface area contributed by atoms with Crippen LogP contribution in [-0.4, -0.2) is 30.0 Å². The Hall–Kier alpha value is -2.19.